The van der Waals surface area contributed by atoms with Gasteiger partial charge in [0.25, 0.3) is 0 Å². The summed E-state index contributed by atoms with van der Waals surface area (Å²) < 4.78 is 0. The van der Waals surface area contributed by atoms with Gasteiger partial charge in [0.15, 0.2) is 0 Å². The van der Waals surface area contributed by atoms with Gasteiger partial charge in [-0.2, -0.15) is 0 Å². The number of hydrogen-bond acceptors (Lipinski definition) is 1. The summed E-state index contributed by atoms with van der Waals surface area (Å²) in [5.41, 5.74) is 2.03. The van der Waals surface area contributed by atoms with Crippen molar-refractivity contribution < 1.29 is 5.11 Å². The minimum Gasteiger partial charge on any atom is -0.380 e. The lowest BCUT2D eigenvalue weighted by atomic mass is 9.95. The molecule has 1 heteroatoms. The van der Waals surface area contributed by atoms with Gasteiger partial charge in [-0.15, -0.1) is 0 Å². The first-order valence-corrected chi connectivity index (χ1v) is 6.07. The summed E-state index contributed by atoms with van der Waals surface area (Å²) in [6, 6.07) is 19.7. The van der Waals surface area contributed by atoms with Gasteiger partial charge < -0.3 is 5.11 Å². The van der Waals surface area contributed by atoms with Crippen LogP contribution in [0.4, 0.5) is 0 Å². The molecule has 18 heavy (non-hydrogen) atoms. The standard InChI is InChI=1S/C17H16O/c1-14(16-10-6-3-7-11-16)17(18)13-12-15-8-4-2-5-9-15/h2-11,14,17-18H,1H3. The summed E-state index contributed by atoms with van der Waals surface area (Å²) in [5, 5.41) is 10.1. The maximum Gasteiger partial charge on any atom is 0.121 e. The Morgan fingerprint density at radius 2 is 1.44 bits per heavy atom. The Labute approximate surface area is 108 Å². The van der Waals surface area contributed by atoms with Crippen molar-refractivity contribution in [3.05, 3.63) is 71.8 Å². The van der Waals surface area contributed by atoms with E-state index in [-0.39, 0.29) is 5.92 Å². The molecule has 90 valence electrons. The molecule has 0 radical (unpaired) electrons. The molecular formula is C17H16O. The second-order valence-electron chi connectivity index (χ2n) is 4.28. The van der Waals surface area contributed by atoms with Gasteiger partial charge in [0, 0.05) is 11.5 Å². The molecule has 0 aliphatic rings. The van der Waals surface area contributed by atoms with E-state index in [1.165, 1.54) is 0 Å². The second kappa shape index (κ2) is 6.05. The fourth-order valence-electron chi connectivity index (χ4n) is 1.74. The van der Waals surface area contributed by atoms with Crippen molar-refractivity contribution in [1.29, 1.82) is 0 Å². The van der Waals surface area contributed by atoms with Gasteiger partial charge in [-0.3, -0.25) is 0 Å². The highest BCUT2D eigenvalue weighted by Gasteiger charge is 2.12. The molecule has 2 rings (SSSR count). The van der Waals surface area contributed by atoms with Crippen molar-refractivity contribution in [3.63, 3.8) is 0 Å². The smallest absolute Gasteiger partial charge is 0.121 e. The largest absolute Gasteiger partial charge is 0.380 e. The Morgan fingerprint density at radius 1 is 0.889 bits per heavy atom. The van der Waals surface area contributed by atoms with E-state index in [2.05, 4.69) is 11.8 Å². The van der Waals surface area contributed by atoms with Gasteiger partial charge in [-0.25, -0.2) is 0 Å². The Bertz CT molecular complexity index is 534. The van der Waals surface area contributed by atoms with Crippen molar-refractivity contribution in [2.24, 2.45) is 0 Å². The molecule has 0 spiro atoms. The zero-order valence-corrected chi connectivity index (χ0v) is 10.4. The Morgan fingerprint density at radius 3 is 2.06 bits per heavy atom. The van der Waals surface area contributed by atoms with E-state index < -0.39 is 6.10 Å². The molecule has 0 heterocycles. The van der Waals surface area contributed by atoms with Crippen LogP contribution in [-0.2, 0) is 0 Å². The zero-order valence-electron chi connectivity index (χ0n) is 10.4. The molecule has 0 amide bonds. The Balaban J connectivity index is 2.09. The molecule has 0 saturated carbocycles. The minimum atomic E-state index is -0.646. The topological polar surface area (TPSA) is 20.2 Å². The van der Waals surface area contributed by atoms with E-state index in [1.54, 1.807) is 0 Å². The van der Waals surface area contributed by atoms with Crippen LogP contribution in [0.1, 0.15) is 24.0 Å². The van der Waals surface area contributed by atoms with Crippen molar-refractivity contribution in [2.45, 2.75) is 18.9 Å². The Kier molecular flexibility index (Phi) is 4.17. The lowest BCUT2D eigenvalue weighted by molar-refractivity contribution is 0.206. The predicted molar refractivity (Wildman–Crippen MR) is 74.2 cm³/mol. The lowest BCUT2D eigenvalue weighted by Gasteiger charge is -2.13. The molecule has 0 fully saturated rings. The van der Waals surface area contributed by atoms with Crippen LogP contribution in [0.25, 0.3) is 0 Å². The highest BCUT2D eigenvalue weighted by atomic mass is 16.3. The number of aliphatic hydroxyl groups excluding tert-OH is 1. The normalized spacial score (nSPS) is 13.2. The van der Waals surface area contributed by atoms with Gasteiger partial charge >= 0.3 is 0 Å². The molecule has 0 bridgehead atoms. The molecule has 2 unspecified atom stereocenters. The van der Waals surface area contributed by atoms with Gasteiger partial charge in [-0.05, 0) is 17.7 Å². The highest BCUT2D eigenvalue weighted by Crippen LogP contribution is 2.18. The van der Waals surface area contributed by atoms with Gasteiger partial charge in [0.05, 0.1) is 0 Å². The van der Waals surface area contributed by atoms with E-state index >= 15 is 0 Å². The van der Waals surface area contributed by atoms with Crippen LogP contribution >= 0.6 is 0 Å². The molecule has 0 aliphatic heterocycles. The van der Waals surface area contributed by atoms with Crippen molar-refractivity contribution in [1.82, 2.24) is 0 Å². The predicted octanol–water partition coefficient (Wildman–Crippen LogP) is 3.20. The average Bonchev–Trinajstić information content (AvgIpc) is 2.46. The third-order valence-electron chi connectivity index (χ3n) is 2.94. The van der Waals surface area contributed by atoms with E-state index in [1.807, 2.05) is 67.6 Å². The van der Waals surface area contributed by atoms with Crippen LogP contribution in [0.2, 0.25) is 0 Å². The van der Waals surface area contributed by atoms with E-state index in [4.69, 9.17) is 0 Å². The van der Waals surface area contributed by atoms with Crippen LogP contribution in [0, 0.1) is 11.8 Å². The lowest BCUT2D eigenvalue weighted by Crippen LogP contribution is -2.13. The summed E-state index contributed by atoms with van der Waals surface area (Å²) in [7, 11) is 0. The third kappa shape index (κ3) is 3.23. The number of aliphatic hydroxyl groups is 1. The monoisotopic (exact) mass is 236 g/mol. The van der Waals surface area contributed by atoms with Crippen molar-refractivity contribution in [3.8, 4) is 11.8 Å². The quantitative estimate of drug-likeness (QED) is 0.794. The van der Waals surface area contributed by atoms with Gasteiger partial charge in [-0.1, -0.05) is 67.3 Å². The first-order valence-electron chi connectivity index (χ1n) is 6.07. The van der Waals surface area contributed by atoms with Crippen LogP contribution in [-0.4, -0.2) is 11.2 Å². The summed E-state index contributed by atoms with van der Waals surface area (Å²) in [6.07, 6.45) is -0.646. The van der Waals surface area contributed by atoms with Crippen molar-refractivity contribution >= 4 is 0 Å². The van der Waals surface area contributed by atoms with Crippen LogP contribution in [0.3, 0.4) is 0 Å². The molecule has 1 N–H and O–H groups in total. The average molecular weight is 236 g/mol. The summed E-state index contributed by atoms with van der Waals surface area (Å²) in [6.45, 7) is 1.99. The molecule has 2 aromatic rings. The second-order valence-corrected chi connectivity index (χ2v) is 4.28. The van der Waals surface area contributed by atoms with Gasteiger partial charge in [0.1, 0.15) is 6.10 Å². The molecule has 0 aromatic heterocycles. The van der Waals surface area contributed by atoms with Gasteiger partial charge in [0.2, 0.25) is 0 Å². The first-order chi connectivity index (χ1) is 8.77. The first kappa shape index (κ1) is 12.4. The molecule has 0 saturated heterocycles. The molecule has 2 aromatic carbocycles. The van der Waals surface area contributed by atoms with Crippen LogP contribution in [0.15, 0.2) is 60.7 Å². The zero-order chi connectivity index (χ0) is 12.8. The fraction of sp³-hybridized carbons (Fsp3) is 0.176. The molecular weight excluding hydrogens is 220 g/mol. The number of benzene rings is 2. The molecule has 0 aliphatic carbocycles. The van der Waals surface area contributed by atoms with E-state index in [9.17, 15) is 5.11 Å². The summed E-state index contributed by atoms with van der Waals surface area (Å²) >= 11 is 0. The minimum absolute atomic E-state index is 0.0161. The van der Waals surface area contributed by atoms with Crippen molar-refractivity contribution in [2.75, 3.05) is 0 Å². The van der Waals surface area contributed by atoms with E-state index in [0.29, 0.717) is 0 Å². The fourth-order valence-corrected chi connectivity index (χ4v) is 1.74. The maximum absolute atomic E-state index is 10.1. The molecule has 2 atom stereocenters. The van der Waals surface area contributed by atoms with Crippen LogP contribution < -0.4 is 0 Å². The maximum atomic E-state index is 10.1. The highest BCUT2D eigenvalue weighted by molar-refractivity contribution is 5.35. The summed E-state index contributed by atoms with van der Waals surface area (Å²) in [5.74, 6) is 5.91. The van der Waals surface area contributed by atoms with E-state index in [0.717, 1.165) is 11.1 Å². The SMILES string of the molecule is CC(c1ccccc1)C(O)C#Cc1ccccc1. The van der Waals surface area contributed by atoms with Crippen LogP contribution in [0.5, 0.6) is 0 Å². The number of hydrogen-bond donors (Lipinski definition) is 1. The molecule has 1 nitrogen and oxygen atoms in total. The summed E-state index contributed by atoms with van der Waals surface area (Å²) in [4.78, 5) is 0. The number of rotatable bonds is 2. The third-order valence-corrected chi connectivity index (χ3v) is 2.94. The Hall–Kier alpha value is -2.04.